The smallest absolute Gasteiger partial charge is 0.228 e. The number of nitrogens with one attached hydrogen (secondary N) is 1. The van der Waals surface area contributed by atoms with E-state index >= 15 is 0 Å². The summed E-state index contributed by atoms with van der Waals surface area (Å²) in [7, 11) is 0. The van der Waals surface area contributed by atoms with Crippen LogP contribution in [0.5, 0.6) is 0 Å². The van der Waals surface area contributed by atoms with Crippen molar-refractivity contribution < 1.29 is 20.1 Å². The molecule has 4 rings (SSSR count). The lowest BCUT2D eigenvalue weighted by Crippen LogP contribution is -2.33. The van der Waals surface area contributed by atoms with Gasteiger partial charge >= 0.3 is 0 Å². The monoisotopic (exact) mass is 413 g/mol. The van der Waals surface area contributed by atoms with E-state index in [1.165, 1.54) is 10.9 Å². The molecule has 0 saturated carbocycles. The van der Waals surface area contributed by atoms with Crippen molar-refractivity contribution in [1.82, 2.24) is 19.5 Å². The Hall–Kier alpha value is -3.12. The van der Waals surface area contributed by atoms with Gasteiger partial charge in [-0.2, -0.15) is 5.10 Å². The van der Waals surface area contributed by atoms with Crippen molar-refractivity contribution in [1.29, 1.82) is 0 Å². The summed E-state index contributed by atoms with van der Waals surface area (Å²) >= 11 is 0. The molecule has 3 aromatic rings. The highest BCUT2D eigenvalue weighted by molar-refractivity contribution is 5.86. The third kappa shape index (κ3) is 3.71. The zero-order valence-corrected chi connectivity index (χ0v) is 16.3. The number of nitrogens with zero attached hydrogens (tertiary/aromatic N) is 5. The summed E-state index contributed by atoms with van der Waals surface area (Å²) < 4.78 is 7.11. The third-order valence-corrected chi connectivity index (χ3v) is 4.93. The fourth-order valence-corrected chi connectivity index (χ4v) is 3.42. The summed E-state index contributed by atoms with van der Waals surface area (Å²) in [6.07, 6.45) is -2.69. The van der Waals surface area contributed by atoms with Crippen LogP contribution in [0.4, 0.5) is 11.8 Å². The first-order chi connectivity index (χ1) is 14.5. The van der Waals surface area contributed by atoms with Gasteiger partial charge in [-0.05, 0) is 12.5 Å². The molecule has 0 amide bonds. The standard InChI is InChI=1S/C19H23N7O4/c1-10(7-11-5-3-2-4-6-11)24-25-19-23-13-16(20)21-9-22-17(13)26(19)18-15(29)14(28)12(8-27)30-18/h2-6,9,12,14-15,18,27-29H,7-8H2,1H3,(H,23,25)(H2,20,21,22). The number of anilines is 2. The highest BCUT2D eigenvalue weighted by Crippen LogP contribution is 2.35. The molecule has 0 spiro atoms. The molecular formula is C19H23N7O4. The third-order valence-electron chi connectivity index (χ3n) is 4.93. The summed E-state index contributed by atoms with van der Waals surface area (Å²) in [6.45, 7) is 1.42. The molecule has 11 nitrogen and oxygen atoms in total. The number of aliphatic hydroxyl groups excluding tert-OH is 3. The lowest BCUT2D eigenvalue weighted by Gasteiger charge is -2.19. The first-order valence-electron chi connectivity index (χ1n) is 9.43. The Balaban J connectivity index is 1.68. The van der Waals surface area contributed by atoms with Crippen LogP contribution in [0.25, 0.3) is 11.2 Å². The van der Waals surface area contributed by atoms with E-state index in [1.54, 1.807) is 0 Å². The van der Waals surface area contributed by atoms with Crippen molar-refractivity contribution in [3.63, 3.8) is 0 Å². The molecule has 0 radical (unpaired) electrons. The highest BCUT2D eigenvalue weighted by Gasteiger charge is 2.45. The van der Waals surface area contributed by atoms with Crippen LogP contribution in [0.2, 0.25) is 0 Å². The maximum atomic E-state index is 10.5. The number of nitrogens with two attached hydrogens (primary N) is 1. The molecule has 1 aliphatic heterocycles. The number of ether oxygens (including phenoxy) is 1. The second-order valence-electron chi connectivity index (χ2n) is 7.09. The largest absolute Gasteiger partial charge is 0.394 e. The van der Waals surface area contributed by atoms with E-state index in [0.717, 1.165) is 11.3 Å². The molecule has 2 aromatic heterocycles. The Morgan fingerprint density at radius 3 is 2.70 bits per heavy atom. The summed E-state index contributed by atoms with van der Waals surface area (Å²) in [5.41, 5.74) is 11.3. The first-order valence-corrected chi connectivity index (χ1v) is 9.43. The number of nitrogen functional groups attached to an aromatic ring is 1. The van der Waals surface area contributed by atoms with Crippen molar-refractivity contribution in [2.75, 3.05) is 17.8 Å². The quantitative estimate of drug-likeness (QED) is 0.277. The molecule has 1 fully saturated rings. The van der Waals surface area contributed by atoms with Crippen molar-refractivity contribution in [3.8, 4) is 0 Å². The molecule has 11 heteroatoms. The predicted octanol–water partition coefficient (Wildman–Crippen LogP) is 0.0505. The van der Waals surface area contributed by atoms with Crippen LogP contribution in [-0.4, -0.2) is 65.5 Å². The number of fused-ring (bicyclic) bond motifs is 1. The molecule has 1 aromatic carbocycles. The number of hydrazone groups is 1. The van der Waals surface area contributed by atoms with Crippen LogP contribution in [-0.2, 0) is 11.2 Å². The summed E-state index contributed by atoms with van der Waals surface area (Å²) in [5, 5.41) is 34.4. The summed E-state index contributed by atoms with van der Waals surface area (Å²) in [6, 6.07) is 9.87. The zero-order valence-electron chi connectivity index (χ0n) is 16.3. The minimum absolute atomic E-state index is 0.151. The fraction of sp³-hybridized carbons (Fsp3) is 0.368. The van der Waals surface area contributed by atoms with Crippen molar-refractivity contribution in [3.05, 3.63) is 42.2 Å². The first kappa shape index (κ1) is 20.2. The molecular weight excluding hydrogens is 390 g/mol. The Morgan fingerprint density at radius 2 is 2.00 bits per heavy atom. The average molecular weight is 413 g/mol. The molecule has 158 valence electrons. The molecule has 0 aliphatic carbocycles. The van der Waals surface area contributed by atoms with Gasteiger partial charge in [-0.1, -0.05) is 30.3 Å². The summed E-state index contributed by atoms with van der Waals surface area (Å²) in [4.78, 5) is 12.5. The van der Waals surface area contributed by atoms with Gasteiger partial charge in [0.05, 0.1) is 6.61 Å². The van der Waals surface area contributed by atoms with E-state index in [2.05, 4.69) is 25.5 Å². The van der Waals surface area contributed by atoms with Crippen LogP contribution in [0.3, 0.4) is 0 Å². The fourth-order valence-electron chi connectivity index (χ4n) is 3.42. The topological polar surface area (TPSA) is 164 Å². The number of rotatable bonds is 6. The molecule has 0 bridgehead atoms. The van der Waals surface area contributed by atoms with Gasteiger partial charge in [0.15, 0.2) is 23.2 Å². The SMILES string of the molecule is CC(Cc1ccccc1)=NNc1nc2c(N)ncnc2n1C1OC(CO)C(O)C1O. The lowest BCUT2D eigenvalue weighted by atomic mass is 10.1. The van der Waals surface area contributed by atoms with Gasteiger partial charge < -0.3 is 25.8 Å². The van der Waals surface area contributed by atoms with Crippen LogP contribution < -0.4 is 11.2 Å². The van der Waals surface area contributed by atoms with E-state index < -0.39 is 31.1 Å². The second-order valence-corrected chi connectivity index (χ2v) is 7.09. The van der Waals surface area contributed by atoms with Crippen LogP contribution in [0, 0.1) is 0 Å². The molecule has 1 aliphatic rings. The Kier molecular flexibility index (Phi) is 5.59. The number of hydrogen-bond acceptors (Lipinski definition) is 10. The van der Waals surface area contributed by atoms with Gasteiger partial charge in [-0.3, -0.25) is 4.57 Å². The van der Waals surface area contributed by atoms with Gasteiger partial charge in [0.1, 0.15) is 24.6 Å². The van der Waals surface area contributed by atoms with E-state index in [4.69, 9.17) is 10.5 Å². The molecule has 6 N–H and O–H groups in total. The summed E-state index contributed by atoms with van der Waals surface area (Å²) in [5.74, 6) is 0.359. The Morgan fingerprint density at radius 1 is 1.23 bits per heavy atom. The highest BCUT2D eigenvalue weighted by atomic mass is 16.6. The van der Waals surface area contributed by atoms with Crippen LogP contribution in [0.15, 0.2) is 41.8 Å². The maximum Gasteiger partial charge on any atom is 0.228 e. The van der Waals surface area contributed by atoms with Crippen LogP contribution in [0.1, 0.15) is 18.7 Å². The second kappa shape index (κ2) is 8.32. The molecule has 4 unspecified atom stereocenters. The number of aliphatic hydroxyl groups is 3. The predicted molar refractivity (Wildman–Crippen MR) is 110 cm³/mol. The number of hydrogen-bond donors (Lipinski definition) is 5. The van der Waals surface area contributed by atoms with Gasteiger partial charge in [0.25, 0.3) is 0 Å². The maximum absolute atomic E-state index is 10.5. The molecule has 3 heterocycles. The van der Waals surface area contributed by atoms with Gasteiger partial charge in [-0.15, -0.1) is 0 Å². The molecule has 4 atom stereocenters. The van der Waals surface area contributed by atoms with E-state index in [1.807, 2.05) is 37.3 Å². The van der Waals surface area contributed by atoms with E-state index in [9.17, 15) is 15.3 Å². The van der Waals surface area contributed by atoms with Gasteiger partial charge in [-0.25, -0.2) is 20.4 Å². The van der Waals surface area contributed by atoms with Crippen molar-refractivity contribution in [2.24, 2.45) is 5.10 Å². The minimum atomic E-state index is -1.31. The number of aromatic nitrogens is 4. The number of benzene rings is 1. The van der Waals surface area contributed by atoms with Gasteiger partial charge in [0.2, 0.25) is 5.95 Å². The Labute approximate surface area is 171 Å². The van der Waals surface area contributed by atoms with Crippen molar-refractivity contribution in [2.45, 2.75) is 37.9 Å². The zero-order chi connectivity index (χ0) is 21.3. The molecule has 1 saturated heterocycles. The average Bonchev–Trinajstić information content (AvgIpc) is 3.25. The Bertz CT molecular complexity index is 1060. The lowest BCUT2D eigenvalue weighted by molar-refractivity contribution is -0.0501. The van der Waals surface area contributed by atoms with E-state index in [-0.39, 0.29) is 11.8 Å². The normalized spacial score (nSPS) is 24.5. The van der Waals surface area contributed by atoms with Crippen molar-refractivity contribution >= 4 is 28.6 Å². The minimum Gasteiger partial charge on any atom is -0.394 e. The molecule has 30 heavy (non-hydrogen) atoms. The van der Waals surface area contributed by atoms with Gasteiger partial charge in [0, 0.05) is 12.1 Å². The van der Waals surface area contributed by atoms with Crippen LogP contribution >= 0.6 is 0 Å². The number of imidazole rings is 1. The van der Waals surface area contributed by atoms with E-state index in [0.29, 0.717) is 17.6 Å².